The minimum Gasteiger partial charge on any atom is -0.304 e. The van der Waals surface area contributed by atoms with Gasteiger partial charge in [0.15, 0.2) is 5.65 Å². The quantitative estimate of drug-likeness (QED) is 0.673. The number of nitriles is 1. The fourth-order valence-electron chi connectivity index (χ4n) is 1.21. The molecule has 5 heteroatoms. The van der Waals surface area contributed by atoms with Crippen LogP contribution in [-0.4, -0.2) is 14.5 Å². The van der Waals surface area contributed by atoms with E-state index >= 15 is 0 Å². The lowest BCUT2D eigenvalue weighted by Crippen LogP contribution is -2.16. The highest BCUT2D eigenvalue weighted by molar-refractivity contribution is 5.70. The van der Waals surface area contributed by atoms with E-state index in [1.54, 1.807) is 18.3 Å². The minimum absolute atomic E-state index is 0.0237. The Hall–Kier alpha value is -2.09. The maximum absolute atomic E-state index is 11.2. The molecule has 0 bridgehead atoms. The van der Waals surface area contributed by atoms with Crippen LogP contribution in [0.1, 0.15) is 0 Å². The predicted octanol–water partition coefficient (Wildman–Crippen LogP) is 0.248. The smallest absolute Gasteiger partial charge is 0.304 e. The second kappa shape index (κ2) is 2.75. The van der Waals surface area contributed by atoms with Crippen LogP contribution in [0.15, 0.2) is 23.1 Å². The molecule has 2 rings (SSSR count). The van der Waals surface area contributed by atoms with Gasteiger partial charge in [0.25, 0.3) is 0 Å². The van der Waals surface area contributed by atoms with Gasteiger partial charge < -0.3 is 4.98 Å². The maximum Gasteiger partial charge on any atom is 0.328 e. The number of H-pyrrole nitrogens is 1. The summed E-state index contributed by atoms with van der Waals surface area (Å²) in [7, 11) is 0. The van der Waals surface area contributed by atoms with E-state index < -0.39 is 0 Å². The summed E-state index contributed by atoms with van der Waals surface area (Å²) >= 11 is 0. The molecule has 5 nitrogen and oxygen atoms in total. The van der Waals surface area contributed by atoms with Crippen molar-refractivity contribution in [2.24, 2.45) is 0 Å². The Labute approximate surface area is 73.3 Å². The molecule has 1 N–H and O–H groups in total. The van der Waals surface area contributed by atoms with Crippen molar-refractivity contribution in [3.63, 3.8) is 0 Å². The maximum atomic E-state index is 11.2. The Balaban J connectivity index is 2.80. The van der Waals surface area contributed by atoms with Crippen molar-refractivity contribution in [1.29, 1.82) is 5.26 Å². The number of hydrogen-bond donors (Lipinski definition) is 1. The van der Waals surface area contributed by atoms with Crippen LogP contribution < -0.4 is 5.69 Å². The molecule has 0 fully saturated rings. The van der Waals surface area contributed by atoms with Gasteiger partial charge in [0, 0.05) is 6.20 Å². The van der Waals surface area contributed by atoms with Crippen molar-refractivity contribution in [1.82, 2.24) is 14.5 Å². The van der Waals surface area contributed by atoms with E-state index in [-0.39, 0.29) is 12.2 Å². The SMILES string of the molecule is N#CCn1c(=O)[nH]c2cccnc21. The van der Waals surface area contributed by atoms with Gasteiger partial charge >= 0.3 is 5.69 Å². The summed E-state index contributed by atoms with van der Waals surface area (Å²) in [5.41, 5.74) is 0.882. The second-order valence-corrected chi connectivity index (χ2v) is 2.55. The molecule has 0 saturated heterocycles. The lowest BCUT2D eigenvalue weighted by molar-refractivity contribution is 0.807. The third-order valence-corrected chi connectivity index (χ3v) is 1.76. The summed E-state index contributed by atoms with van der Waals surface area (Å²) in [6, 6.07) is 5.38. The first-order valence-electron chi connectivity index (χ1n) is 3.73. The van der Waals surface area contributed by atoms with Crippen molar-refractivity contribution in [3.05, 3.63) is 28.8 Å². The van der Waals surface area contributed by atoms with Gasteiger partial charge in [-0.1, -0.05) is 0 Å². The number of nitrogens with one attached hydrogen (secondary N) is 1. The first-order chi connectivity index (χ1) is 6.33. The van der Waals surface area contributed by atoms with Gasteiger partial charge in [-0.3, -0.25) is 4.57 Å². The highest BCUT2D eigenvalue weighted by atomic mass is 16.1. The lowest BCUT2D eigenvalue weighted by atomic mass is 10.4. The Bertz CT molecular complexity index is 531. The van der Waals surface area contributed by atoms with Crippen LogP contribution in [0.3, 0.4) is 0 Å². The molecule has 0 saturated carbocycles. The van der Waals surface area contributed by atoms with E-state index in [2.05, 4.69) is 9.97 Å². The van der Waals surface area contributed by atoms with Crippen LogP contribution in [0.5, 0.6) is 0 Å². The Morgan fingerprint density at radius 2 is 2.54 bits per heavy atom. The number of nitrogens with zero attached hydrogens (tertiary/aromatic N) is 3. The van der Waals surface area contributed by atoms with E-state index in [0.29, 0.717) is 11.2 Å². The van der Waals surface area contributed by atoms with Crippen LogP contribution in [0.4, 0.5) is 0 Å². The zero-order chi connectivity index (χ0) is 9.26. The van der Waals surface area contributed by atoms with Crippen molar-refractivity contribution in [3.8, 4) is 6.07 Å². The molecule has 0 aromatic carbocycles. The van der Waals surface area contributed by atoms with Gasteiger partial charge in [-0.2, -0.15) is 5.26 Å². The van der Waals surface area contributed by atoms with Gasteiger partial charge in [-0.05, 0) is 12.1 Å². The molecule has 13 heavy (non-hydrogen) atoms. The van der Waals surface area contributed by atoms with E-state index in [0.717, 1.165) is 0 Å². The van der Waals surface area contributed by atoms with Crippen molar-refractivity contribution in [2.75, 3.05) is 0 Å². The third kappa shape index (κ3) is 1.08. The molecule has 0 atom stereocenters. The molecule has 0 amide bonds. The number of imidazole rings is 1. The molecule has 0 spiro atoms. The average molecular weight is 174 g/mol. The summed E-state index contributed by atoms with van der Waals surface area (Å²) in [5.74, 6) is 0. The molecule has 0 aliphatic carbocycles. The molecule has 0 aliphatic heterocycles. The highest BCUT2D eigenvalue weighted by Gasteiger charge is 2.05. The molecule has 0 radical (unpaired) electrons. The Morgan fingerprint density at radius 3 is 3.31 bits per heavy atom. The van der Waals surface area contributed by atoms with Gasteiger partial charge in [0.2, 0.25) is 0 Å². The Morgan fingerprint density at radius 1 is 1.69 bits per heavy atom. The number of hydrogen-bond acceptors (Lipinski definition) is 3. The minimum atomic E-state index is -0.296. The van der Waals surface area contributed by atoms with E-state index in [1.807, 2.05) is 6.07 Å². The number of fused-ring (bicyclic) bond motifs is 1. The van der Waals surface area contributed by atoms with E-state index in [9.17, 15) is 4.79 Å². The Kier molecular flexibility index (Phi) is 1.60. The van der Waals surface area contributed by atoms with Crippen LogP contribution in [0.25, 0.3) is 11.2 Å². The monoisotopic (exact) mass is 174 g/mol. The molecule has 0 unspecified atom stereocenters. The van der Waals surface area contributed by atoms with Crippen molar-refractivity contribution >= 4 is 11.2 Å². The first kappa shape index (κ1) is 7.55. The molecule has 0 aliphatic rings. The average Bonchev–Trinajstić information content (AvgIpc) is 2.44. The number of aromatic amines is 1. The zero-order valence-corrected chi connectivity index (χ0v) is 6.69. The number of rotatable bonds is 1. The highest BCUT2D eigenvalue weighted by Crippen LogP contribution is 2.04. The number of aromatic nitrogens is 3. The van der Waals surface area contributed by atoms with Gasteiger partial charge in [-0.25, -0.2) is 9.78 Å². The summed E-state index contributed by atoms with van der Waals surface area (Å²) in [5, 5.41) is 8.47. The van der Waals surface area contributed by atoms with Gasteiger partial charge in [0.1, 0.15) is 6.54 Å². The van der Waals surface area contributed by atoms with Crippen molar-refractivity contribution < 1.29 is 0 Å². The molecule has 2 aromatic heterocycles. The summed E-state index contributed by atoms with van der Waals surface area (Å²) < 4.78 is 1.30. The topological polar surface area (TPSA) is 74.5 Å². The molecule has 2 aromatic rings. The van der Waals surface area contributed by atoms with E-state index in [1.165, 1.54) is 4.57 Å². The molecular formula is C8H6N4O. The van der Waals surface area contributed by atoms with Crippen LogP contribution >= 0.6 is 0 Å². The van der Waals surface area contributed by atoms with Crippen molar-refractivity contribution in [2.45, 2.75) is 6.54 Å². The standard InChI is InChI=1S/C8H6N4O/c9-3-5-12-7-6(11-8(12)13)2-1-4-10-7/h1-2,4H,5H2,(H,11,13). The zero-order valence-electron chi connectivity index (χ0n) is 6.69. The summed E-state index contributed by atoms with van der Waals surface area (Å²) in [6.45, 7) is 0.0237. The summed E-state index contributed by atoms with van der Waals surface area (Å²) in [6.07, 6.45) is 1.59. The molecule has 64 valence electrons. The van der Waals surface area contributed by atoms with Gasteiger partial charge in [0.05, 0.1) is 11.6 Å². The second-order valence-electron chi connectivity index (χ2n) is 2.55. The first-order valence-corrected chi connectivity index (χ1v) is 3.73. The normalized spacial score (nSPS) is 10.1. The molecular weight excluding hydrogens is 168 g/mol. The number of pyridine rings is 1. The fourth-order valence-corrected chi connectivity index (χ4v) is 1.21. The molecule has 2 heterocycles. The fraction of sp³-hybridized carbons (Fsp3) is 0.125. The van der Waals surface area contributed by atoms with Gasteiger partial charge in [-0.15, -0.1) is 0 Å². The van der Waals surface area contributed by atoms with Crippen LogP contribution in [-0.2, 0) is 6.54 Å². The third-order valence-electron chi connectivity index (χ3n) is 1.76. The van der Waals surface area contributed by atoms with Crippen LogP contribution in [0.2, 0.25) is 0 Å². The summed E-state index contributed by atoms with van der Waals surface area (Å²) in [4.78, 5) is 17.9. The predicted molar refractivity (Wildman–Crippen MR) is 46.0 cm³/mol. The largest absolute Gasteiger partial charge is 0.328 e. The van der Waals surface area contributed by atoms with Crippen LogP contribution in [0, 0.1) is 11.3 Å². The lowest BCUT2D eigenvalue weighted by Gasteiger charge is -1.92. The van der Waals surface area contributed by atoms with E-state index in [4.69, 9.17) is 5.26 Å².